The van der Waals surface area contributed by atoms with Gasteiger partial charge in [-0.1, -0.05) is 0 Å². The summed E-state index contributed by atoms with van der Waals surface area (Å²) in [5.74, 6) is 0.212. The van der Waals surface area contributed by atoms with E-state index in [1.807, 2.05) is 0 Å². The maximum absolute atomic E-state index is 12.5. The number of H-pyrrole nitrogens is 1. The Morgan fingerprint density at radius 2 is 2.26 bits per heavy atom. The molecule has 0 aromatic carbocycles. The molecule has 3 aromatic heterocycles. The van der Waals surface area contributed by atoms with E-state index in [2.05, 4.69) is 15.0 Å². The Kier molecular flexibility index (Phi) is 4.17. The summed E-state index contributed by atoms with van der Waals surface area (Å²) >= 11 is 0. The van der Waals surface area contributed by atoms with E-state index in [9.17, 15) is 19.4 Å². The molecule has 4 atom stereocenters. The molecule has 5 N–H and O–H groups in total. The molecule has 144 valence electrons. The largest absolute Gasteiger partial charge is 0.438 e. The van der Waals surface area contributed by atoms with E-state index in [-0.39, 0.29) is 23.6 Å². The van der Waals surface area contributed by atoms with Crippen molar-refractivity contribution < 1.29 is 23.8 Å². The van der Waals surface area contributed by atoms with E-state index >= 15 is 0 Å². The van der Waals surface area contributed by atoms with Gasteiger partial charge in [0.25, 0.3) is 5.56 Å². The smallest absolute Gasteiger partial charge is 0.386 e. The number of aromatic amines is 1. The van der Waals surface area contributed by atoms with Gasteiger partial charge in [0.05, 0.1) is 12.0 Å². The molecule has 12 nitrogen and oxygen atoms in total. The maximum atomic E-state index is 12.5. The molecule has 13 heteroatoms. The average molecular weight is 396 g/mol. The van der Waals surface area contributed by atoms with Crippen LogP contribution in [0.25, 0.3) is 11.0 Å². The summed E-state index contributed by atoms with van der Waals surface area (Å²) < 4.78 is 25.7. The number of hydrogen-bond donors (Lipinski definition) is 4. The first kappa shape index (κ1) is 17.9. The highest BCUT2D eigenvalue weighted by atomic mass is 31.2. The summed E-state index contributed by atoms with van der Waals surface area (Å²) in [6.07, 6.45) is 0.864. The first-order valence-corrected chi connectivity index (χ1v) is 9.49. The van der Waals surface area contributed by atoms with E-state index in [1.165, 1.54) is 29.2 Å². The fourth-order valence-electron chi connectivity index (χ4n) is 3.04. The van der Waals surface area contributed by atoms with Gasteiger partial charge in [-0.25, -0.2) is 13.9 Å². The fraction of sp³-hybridized carbons (Fsp3) is 0.357. The second-order valence-corrected chi connectivity index (χ2v) is 7.70. The lowest BCUT2D eigenvalue weighted by Crippen LogP contribution is -2.30. The van der Waals surface area contributed by atoms with Crippen molar-refractivity contribution >= 4 is 24.7 Å². The molecule has 1 unspecified atom stereocenters. The van der Waals surface area contributed by atoms with Crippen molar-refractivity contribution in [2.24, 2.45) is 0 Å². The number of fused-ring (bicyclic) bond motifs is 1. The summed E-state index contributed by atoms with van der Waals surface area (Å²) in [6, 6.07) is 1.51. The van der Waals surface area contributed by atoms with Crippen molar-refractivity contribution in [2.45, 2.75) is 25.4 Å². The number of ether oxygens (including phenoxy) is 1. The molecule has 4 rings (SSSR count). The molecule has 0 bridgehead atoms. The first-order chi connectivity index (χ1) is 12.8. The summed E-state index contributed by atoms with van der Waals surface area (Å²) in [5, 5.41) is 10.8. The maximum Gasteiger partial charge on any atom is 0.438 e. The second kappa shape index (κ2) is 6.29. The van der Waals surface area contributed by atoms with E-state index in [4.69, 9.17) is 15.0 Å². The molecule has 1 saturated heterocycles. The van der Waals surface area contributed by atoms with Crippen LogP contribution in [0.4, 0.5) is 5.95 Å². The molecular weight excluding hydrogens is 379 g/mol. The number of aliphatic hydroxyl groups excluding tert-OH is 1. The molecule has 0 saturated carbocycles. The zero-order valence-corrected chi connectivity index (χ0v) is 15.0. The number of aliphatic hydroxyl groups is 1. The van der Waals surface area contributed by atoms with Gasteiger partial charge in [-0.15, -0.1) is 0 Å². The summed E-state index contributed by atoms with van der Waals surface area (Å²) in [4.78, 5) is 32.5. The standard InChI is InChI=1S/C14H17N6O6P/c1-7-16-3-5-20(7)27(23,24)26-9-6-25-13(10(9)21)19-4-2-8-11(19)17-14(15)18-12(8)22/h2-5,9-10,13,21H,6H2,1H3,(H,23,24)(H3,15,17,18,22)/t9-,10+,13+/m0/s1. The van der Waals surface area contributed by atoms with E-state index in [0.29, 0.717) is 5.82 Å². The van der Waals surface area contributed by atoms with E-state index in [1.54, 1.807) is 6.92 Å². The van der Waals surface area contributed by atoms with Crippen molar-refractivity contribution in [3.8, 4) is 0 Å². The fourth-order valence-corrected chi connectivity index (χ4v) is 4.33. The minimum atomic E-state index is -4.27. The molecule has 0 amide bonds. The Morgan fingerprint density at radius 3 is 2.96 bits per heavy atom. The van der Waals surface area contributed by atoms with Crippen molar-refractivity contribution in [1.82, 2.24) is 23.9 Å². The molecule has 0 radical (unpaired) electrons. The third kappa shape index (κ3) is 2.97. The highest BCUT2D eigenvalue weighted by Crippen LogP contribution is 2.47. The third-order valence-corrected chi connectivity index (χ3v) is 5.84. The number of nitrogens with two attached hydrogens (primary N) is 1. The topological polar surface area (TPSA) is 171 Å². The van der Waals surface area contributed by atoms with Gasteiger partial charge in [-0.05, 0) is 13.0 Å². The number of rotatable bonds is 4. The number of anilines is 1. The Balaban J connectivity index is 1.61. The zero-order chi connectivity index (χ0) is 19.3. The number of nitrogens with zero attached hydrogens (tertiary/aromatic N) is 4. The summed E-state index contributed by atoms with van der Waals surface area (Å²) in [5.41, 5.74) is 5.38. The lowest BCUT2D eigenvalue weighted by atomic mass is 10.2. The Hall–Kier alpha value is -2.50. The SMILES string of the molecule is Cc1nccn1P(=O)(O)O[C@H]1CO[C@@H](n2ccc3c(=O)[nH]c(N)nc32)[C@@H]1O. The normalized spacial score (nSPS) is 25.1. The number of hydrogen-bond acceptors (Lipinski definition) is 8. The molecular formula is C14H17N6O6P. The van der Waals surface area contributed by atoms with Crippen LogP contribution in [0.2, 0.25) is 0 Å². The van der Waals surface area contributed by atoms with E-state index < -0.39 is 31.7 Å². The van der Waals surface area contributed by atoms with Gasteiger partial charge in [0.15, 0.2) is 11.9 Å². The van der Waals surface area contributed by atoms with Crippen LogP contribution in [-0.2, 0) is 13.8 Å². The van der Waals surface area contributed by atoms with Crippen LogP contribution in [-0.4, -0.2) is 52.7 Å². The zero-order valence-electron chi connectivity index (χ0n) is 14.1. The quantitative estimate of drug-likeness (QED) is 0.434. The highest BCUT2D eigenvalue weighted by molar-refractivity contribution is 7.51. The summed E-state index contributed by atoms with van der Waals surface area (Å²) in [6.45, 7) is 1.42. The number of nitrogens with one attached hydrogen (secondary N) is 1. The minimum Gasteiger partial charge on any atom is -0.386 e. The van der Waals surface area contributed by atoms with Crippen LogP contribution >= 0.6 is 7.75 Å². The van der Waals surface area contributed by atoms with Crippen LogP contribution in [0, 0.1) is 6.92 Å². The van der Waals surface area contributed by atoms with Gasteiger partial charge < -0.3 is 25.0 Å². The molecule has 1 aliphatic rings. The predicted octanol–water partition coefficient (Wildman–Crippen LogP) is -0.265. The van der Waals surface area contributed by atoms with Gasteiger partial charge in [0.1, 0.15) is 18.0 Å². The molecule has 3 aromatic rings. The summed E-state index contributed by atoms with van der Waals surface area (Å²) in [7, 11) is -4.27. The molecule has 0 spiro atoms. The lowest BCUT2D eigenvalue weighted by Gasteiger charge is -2.22. The van der Waals surface area contributed by atoms with Crippen LogP contribution in [0.1, 0.15) is 12.1 Å². The Labute approximate surface area is 151 Å². The molecule has 0 aliphatic carbocycles. The van der Waals surface area contributed by atoms with E-state index in [0.717, 1.165) is 4.34 Å². The van der Waals surface area contributed by atoms with Crippen molar-refractivity contribution in [3.05, 3.63) is 40.8 Å². The van der Waals surface area contributed by atoms with Gasteiger partial charge >= 0.3 is 7.75 Å². The third-order valence-electron chi connectivity index (χ3n) is 4.32. The number of aromatic nitrogens is 5. The van der Waals surface area contributed by atoms with Crippen molar-refractivity contribution in [1.29, 1.82) is 0 Å². The monoisotopic (exact) mass is 396 g/mol. The van der Waals surface area contributed by atoms with Gasteiger partial charge in [0.2, 0.25) is 5.95 Å². The Morgan fingerprint density at radius 1 is 1.48 bits per heavy atom. The molecule has 1 fully saturated rings. The molecule has 27 heavy (non-hydrogen) atoms. The number of imidazole rings is 1. The van der Waals surface area contributed by atoms with Gasteiger partial charge in [0, 0.05) is 18.6 Å². The average Bonchev–Trinajstić information content (AvgIpc) is 3.28. The first-order valence-electron chi connectivity index (χ1n) is 7.96. The highest BCUT2D eigenvalue weighted by Gasteiger charge is 2.43. The van der Waals surface area contributed by atoms with Crippen LogP contribution in [0.5, 0.6) is 0 Å². The number of aryl methyl sites for hydroxylation is 1. The second-order valence-electron chi connectivity index (χ2n) is 6.08. The van der Waals surface area contributed by atoms with Crippen LogP contribution < -0.4 is 11.3 Å². The van der Waals surface area contributed by atoms with Crippen molar-refractivity contribution in [3.63, 3.8) is 0 Å². The van der Waals surface area contributed by atoms with Gasteiger partial charge in [-0.2, -0.15) is 4.98 Å². The Bertz CT molecular complexity index is 1110. The lowest BCUT2D eigenvalue weighted by molar-refractivity contribution is -0.0144. The predicted molar refractivity (Wildman–Crippen MR) is 92.8 cm³/mol. The molecule has 1 aliphatic heterocycles. The van der Waals surface area contributed by atoms with Crippen LogP contribution in [0.15, 0.2) is 29.5 Å². The van der Waals surface area contributed by atoms with Gasteiger partial charge in [-0.3, -0.25) is 14.3 Å². The van der Waals surface area contributed by atoms with Crippen LogP contribution in [0.3, 0.4) is 0 Å². The number of nitrogen functional groups attached to an aromatic ring is 1. The molecule has 4 heterocycles. The van der Waals surface area contributed by atoms with Crippen molar-refractivity contribution in [2.75, 3.05) is 12.3 Å². The minimum absolute atomic E-state index is 0.0804.